The van der Waals surface area contributed by atoms with Gasteiger partial charge in [0.2, 0.25) is 0 Å². The predicted molar refractivity (Wildman–Crippen MR) is 84.4 cm³/mol. The second-order valence-corrected chi connectivity index (χ2v) is 5.29. The summed E-state index contributed by atoms with van der Waals surface area (Å²) in [6.07, 6.45) is 3.30. The van der Waals surface area contributed by atoms with Crippen molar-refractivity contribution in [2.75, 3.05) is 13.1 Å². The zero-order valence-corrected chi connectivity index (χ0v) is 14.0. The van der Waals surface area contributed by atoms with Crippen molar-refractivity contribution < 1.29 is 4.79 Å². The normalized spacial score (nSPS) is 22.2. The van der Waals surface area contributed by atoms with Gasteiger partial charge in [0, 0.05) is 42.0 Å². The quantitative estimate of drug-likeness (QED) is 0.826. The Hall–Kier alpha value is -0.360. The number of pyridine rings is 1. The largest absolute Gasteiger partial charge is 0.333 e. The first-order valence-electron chi connectivity index (χ1n) is 5.74. The van der Waals surface area contributed by atoms with E-state index in [4.69, 9.17) is 0 Å². The zero-order chi connectivity index (χ0) is 12.4. The number of aromatic nitrogens is 1. The van der Waals surface area contributed by atoms with E-state index >= 15 is 0 Å². The highest BCUT2D eigenvalue weighted by Crippen LogP contribution is 2.16. The van der Waals surface area contributed by atoms with E-state index in [2.05, 4.69) is 40.1 Å². The lowest BCUT2D eigenvalue weighted by Gasteiger charge is -2.38. The summed E-state index contributed by atoms with van der Waals surface area (Å²) in [5.74, 6) is 0.0552. The van der Waals surface area contributed by atoms with E-state index in [1.807, 2.05) is 11.0 Å². The Morgan fingerprint density at radius 3 is 2.74 bits per heavy atom. The fraction of sp³-hybridized carbons (Fsp3) is 0.500. The molecule has 1 aliphatic rings. The minimum absolute atomic E-state index is 0. The first-order chi connectivity index (χ1) is 8.09. The van der Waals surface area contributed by atoms with E-state index in [1.165, 1.54) is 0 Å². The molecule has 1 aromatic rings. The molecule has 0 radical (unpaired) electrons. The number of halogens is 3. The van der Waals surface area contributed by atoms with Gasteiger partial charge in [-0.1, -0.05) is 0 Å². The summed E-state index contributed by atoms with van der Waals surface area (Å²) in [5.41, 5.74) is 0.639. The van der Waals surface area contributed by atoms with Gasteiger partial charge >= 0.3 is 0 Å². The molecule has 0 spiro atoms. The molecule has 0 aliphatic carbocycles. The van der Waals surface area contributed by atoms with Gasteiger partial charge in [-0.05, 0) is 35.8 Å². The van der Waals surface area contributed by atoms with E-state index in [1.54, 1.807) is 12.4 Å². The highest BCUT2D eigenvalue weighted by molar-refractivity contribution is 9.10. The van der Waals surface area contributed by atoms with Gasteiger partial charge in [0.25, 0.3) is 5.91 Å². The molecule has 4 nitrogen and oxygen atoms in total. The monoisotopic (exact) mass is 369 g/mol. The standard InChI is InChI=1S/C12H16BrN3O.2ClH/c1-8-9(2)16(4-3-15-8)12(17)10-5-11(13)7-14-6-10;;/h5-9,15H,3-4H2,1-2H3;2*1H. The van der Waals surface area contributed by atoms with Crippen LogP contribution in [0.1, 0.15) is 24.2 Å². The Morgan fingerprint density at radius 1 is 1.42 bits per heavy atom. The van der Waals surface area contributed by atoms with E-state index in [9.17, 15) is 4.79 Å². The Balaban J connectivity index is 0.00000162. The van der Waals surface area contributed by atoms with Crippen LogP contribution in [0.3, 0.4) is 0 Å². The molecular weight excluding hydrogens is 353 g/mol. The van der Waals surface area contributed by atoms with E-state index in [0.29, 0.717) is 11.6 Å². The van der Waals surface area contributed by atoms with E-state index in [0.717, 1.165) is 17.6 Å². The van der Waals surface area contributed by atoms with Gasteiger partial charge in [-0.2, -0.15) is 0 Å². The first-order valence-corrected chi connectivity index (χ1v) is 6.54. The summed E-state index contributed by atoms with van der Waals surface area (Å²) in [4.78, 5) is 18.3. The molecule has 1 aliphatic heterocycles. The number of amides is 1. The molecule has 0 bridgehead atoms. The molecule has 1 amide bonds. The third-order valence-corrected chi connectivity index (χ3v) is 3.68. The molecule has 19 heavy (non-hydrogen) atoms. The van der Waals surface area contributed by atoms with E-state index in [-0.39, 0.29) is 36.8 Å². The van der Waals surface area contributed by atoms with Gasteiger partial charge in [0.05, 0.1) is 5.56 Å². The highest BCUT2D eigenvalue weighted by atomic mass is 79.9. The zero-order valence-electron chi connectivity index (χ0n) is 10.8. The predicted octanol–water partition coefficient (Wildman–Crippen LogP) is 2.51. The fourth-order valence-electron chi connectivity index (χ4n) is 2.04. The van der Waals surface area contributed by atoms with Crippen molar-refractivity contribution in [3.8, 4) is 0 Å². The number of carbonyl (C=O) groups excluding carboxylic acids is 1. The minimum atomic E-state index is 0. The highest BCUT2D eigenvalue weighted by Gasteiger charge is 2.28. The summed E-state index contributed by atoms with van der Waals surface area (Å²) in [7, 11) is 0. The van der Waals surface area contributed by atoms with Crippen molar-refractivity contribution in [3.63, 3.8) is 0 Å². The first kappa shape index (κ1) is 18.6. The van der Waals surface area contributed by atoms with Gasteiger partial charge in [-0.3, -0.25) is 9.78 Å². The van der Waals surface area contributed by atoms with Crippen molar-refractivity contribution in [1.29, 1.82) is 0 Å². The Kier molecular flexibility index (Phi) is 7.89. The molecule has 2 heterocycles. The summed E-state index contributed by atoms with van der Waals surface area (Å²) in [6.45, 7) is 5.76. The lowest BCUT2D eigenvalue weighted by molar-refractivity contribution is 0.0602. The van der Waals surface area contributed by atoms with Gasteiger partial charge in [-0.25, -0.2) is 0 Å². The third kappa shape index (κ3) is 4.31. The number of rotatable bonds is 1. The van der Waals surface area contributed by atoms with Crippen LogP contribution >= 0.6 is 40.7 Å². The molecule has 1 fully saturated rings. The van der Waals surface area contributed by atoms with Crippen molar-refractivity contribution in [3.05, 3.63) is 28.5 Å². The number of nitrogens with one attached hydrogen (secondary N) is 1. The number of nitrogens with zero attached hydrogens (tertiary/aromatic N) is 2. The van der Waals surface area contributed by atoms with Crippen LogP contribution in [0.4, 0.5) is 0 Å². The molecule has 1 aromatic heterocycles. The maximum absolute atomic E-state index is 12.3. The third-order valence-electron chi connectivity index (χ3n) is 3.25. The average Bonchev–Trinajstić information content (AvgIpc) is 2.32. The van der Waals surface area contributed by atoms with Crippen LogP contribution in [0.2, 0.25) is 0 Å². The van der Waals surface area contributed by atoms with Crippen LogP contribution in [0.15, 0.2) is 22.9 Å². The molecule has 0 saturated carbocycles. The SMILES string of the molecule is CC1NCCN(C(=O)c2cncc(Br)c2)C1C.Cl.Cl. The Morgan fingerprint density at radius 2 is 2.11 bits per heavy atom. The molecule has 2 rings (SSSR count). The van der Waals surface area contributed by atoms with Gasteiger partial charge in [0.15, 0.2) is 0 Å². The summed E-state index contributed by atoms with van der Waals surface area (Å²) >= 11 is 3.34. The van der Waals surface area contributed by atoms with Gasteiger partial charge < -0.3 is 10.2 Å². The maximum atomic E-state index is 12.3. The van der Waals surface area contributed by atoms with Crippen molar-refractivity contribution >= 4 is 46.7 Å². The van der Waals surface area contributed by atoms with Crippen molar-refractivity contribution in [1.82, 2.24) is 15.2 Å². The number of hydrogen-bond donors (Lipinski definition) is 1. The Bertz CT molecular complexity index is 433. The lowest BCUT2D eigenvalue weighted by atomic mass is 10.1. The van der Waals surface area contributed by atoms with Gasteiger partial charge in [0.1, 0.15) is 0 Å². The van der Waals surface area contributed by atoms with Crippen LogP contribution in [0.5, 0.6) is 0 Å². The second-order valence-electron chi connectivity index (χ2n) is 4.37. The molecule has 2 unspecified atom stereocenters. The Labute approximate surface area is 134 Å². The molecular formula is C12H18BrCl2N3O. The number of hydrogen-bond acceptors (Lipinski definition) is 3. The molecule has 1 saturated heterocycles. The lowest BCUT2D eigenvalue weighted by Crippen LogP contribution is -2.57. The second kappa shape index (κ2) is 8.04. The van der Waals surface area contributed by atoms with Crippen molar-refractivity contribution in [2.45, 2.75) is 25.9 Å². The minimum Gasteiger partial charge on any atom is -0.333 e. The molecule has 7 heteroatoms. The molecule has 0 aromatic carbocycles. The van der Waals surface area contributed by atoms with Crippen LogP contribution in [-0.2, 0) is 0 Å². The van der Waals surface area contributed by atoms with E-state index < -0.39 is 0 Å². The van der Waals surface area contributed by atoms with Crippen LogP contribution in [-0.4, -0.2) is 41.0 Å². The average molecular weight is 371 g/mol. The maximum Gasteiger partial charge on any atom is 0.255 e. The fourth-order valence-corrected chi connectivity index (χ4v) is 2.40. The molecule has 108 valence electrons. The molecule has 2 atom stereocenters. The van der Waals surface area contributed by atoms with Crippen molar-refractivity contribution in [2.24, 2.45) is 0 Å². The number of carbonyl (C=O) groups is 1. The van der Waals surface area contributed by atoms with Crippen LogP contribution < -0.4 is 5.32 Å². The molecule has 1 N–H and O–H groups in total. The van der Waals surface area contributed by atoms with Gasteiger partial charge in [-0.15, -0.1) is 24.8 Å². The smallest absolute Gasteiger partial charge is 0.255 e. The van der Waals surface area contributed by atoms with Crippen LogP contribution in [0.25, 0.3) is 0 Å². The topological polar surface area (TPSA) is 45.2 Å². The summed E-state index contributed by atoms with van der Waals surface area (Å²) in [5, 5.41) is 3.36. The van der Waals surface area contributed by atoms with Crippen LogP contribution in [0, 0.1) is 0 Å². The summed E-state index contributed by atoms with van der Waals surface area (Å²) in [6, 6.07) is 2.34. The summed E-state index contributed by atoms with van der Waals surface area (Å²) < 4.78 is 0.833. The number of piperazine rings is 1.